The first kappa shape index (κ1) is 19.1. The monoisotopic (exact) mass is 401 g/mol. The average molecular weight is 401 g/mol. The van der Waals surface area contributed by atoms with Crippen LogP contribution in [0, 0.1) is 5.82 Å². The van der Waals surface area contributed by atoms with Gasteiger partial charge in [0.1, 0.15) is 16.9 Å². The third-order valence-electron chi connectivity index (χ3n) is 5.46. The Labute approximate surface area is 165 Å². The first-order valence-electron chi connectivity index (χ1n) is 9.55. The van der Waals surface area contributed by atoms with Gasteiger partial charge < -0.3 is 15.1 Å². The second-order valence-corrected chi connectivity index (χ2v) is 7.40. The molecule has 0 atom stereocenters. The Morgan fingerprint density at radius 2 is 1.97 bits per heavy atom. The molecule has 9 heteroatoms. The first-order chi connectivity index (χ1) is 13.9. The highest BCUT2D eigenvalue weighted by atomic mass is 19.1. The maximum atomic E-state index is 13.2. The van der Waals surface area contributed by atoms with Crippen LogP contribution in [0.1, 0.15) is 42.7 Å². The van der Waals surface area contributed by atoms with Crippen molar-refractivity contribution in [3.05, 3.63) is 46.1 Å². The maximum absolute atomic E-state index is 13.2. The quantitative estimate of drug-likeness (QED) is 0.588. The fraction of sp³-hybridized carbons (Fsp3) is 0.400. The molecule has 2 N–H and O–H groups in total. The maximum Gasteiger partial charge on any atom is 0.325 e. The van der Waals surface area contributed by atoms with E-state index in [4.69, 9.17) is 4.42 Å². The molecule has 1 saturated heterocycles. The second kappa shape index (κ2) is 7.31. The zero-order valence-corrected chi connectivity index (χ0v) is 15.6. The number of imide groups is 1. The summed E-state index contributed by atoms with van der Waals surface area (Å²) < 4.78 is 18.6. The summed E-state index contributed by atoms with van der Waals surface area (Å²) in [6.45, 7) is 0.377. The van der Waals surface area contributed by atoms with Gasteiger partial charge in [-0.25, -0.2) is 9.18 Å². The summed E-state index contributed by atoms with van der Waals surface area (Å²) in [5.74, 6) is -1.55. The van der Waals surface area contributed by atoms with E-state index in [1.807, 2.05) is 0 Å². The van der Waals surface area contributed by atoms with Gasteiger partial charge in [-0.05, 0) is 37.5 Å². The van der Waals surface area contributed by atoms with Crippen molar-refractivity contribution in [2.45, 2.75) is 37.6 Å². The SMILES string of the molecule is O=C(NCCCN1C(=O)NC2(CCCC2)C1=O)c1cc(=O)c2cc(F)ccc2o1. The van der Waals surface area contributed by atoms with Crippen molar-refractivity contribution in [1.82, 2.24) is 15.5 Å². The first-order valence-corrected chi connectivity index (χ1v) is 9.55. The Hall–Kier alpha value is -3.23. The Bertz CT molecular complexity index is 1060. The molecule has 0 unspecified atom stereocenters. The van der Waals surface area contributed by atoms with Crippen molar-refractivity contribution < 1.29 is 23.2 Å². The minimum atomic E-state index is -0.742. The number of carbonyl (C=O) groups excluding carboxylic acids is 3. The third-order valence-corrected chi connectivity index (χ3v) is 5.46. The van der Waals surface area contributed by atoms with Gasteiger partial charge in [-0.2, -0.15) is 0 Å². The highest BCUT2D eigenvalue weighted by Gasteiger charge is 2.51. The summed E-state index contributed by atoms with van der Waals surface area (Å²) in [6.07, 6.45) is 3.52. The molecule has 1 aliphatic carbocycles. The van der Waals surface area contributed by atoms with Crippen LogP contribution in [0.4, 0.5) is 9.18 Å². The van der Waals surface area contributed by atoms with Crippen LogP contribution >= 0.6 is 0 Å². The smallest absolute Gasteiger partial charge is 0.325 e. The molecule has 1 aliphatic heterocycles. The lowest BCUT2D eigenvalue weighted by Gasteiger charge is -2.20. The van der Waals surface area contributed by atoms with E-state index in [0.717, 1.165) is 31.0 Å². The molecule has 4 rings (SSSR count). The Morgan fingerprint density at radius 1 is 1.21 bits per heavy atom. The van der Waals surface area contributed by atoms with E-state index >= 15 is 0 Å². The summed E-state index contributed by atoms with van der Waals surface area (Å²) in [7, 11) is 0. The summed E-state index contributed by atoms with van der Waals surface area (Å²) >= 11 is 0. The molecule has 4 amide bonds. The minimum Gasteiger partial charge on any atom is -0.451 e. The lowest BCUT2D eigenvalue weighted by atomic mass is 9.98. The van der Waals surface area contributed by atoms with E-state index in [0.29, 0.717) is 19.3 Å². The molecule has 1 aromatic carbocycles. The van der Waals surface area contributed by atoms with Crippen molar-refractivity contribution in [2.75, 3.05) is 13.1 Å². The number of urea groups is 1. The second-order valence-electron chi connectivity index (χ2n) is 7.40. The number of amides is 4. The third kappa shape index (κ3) is 3.48. The summed E-state index contributed by atoms with van der Waals surface area (Å²) in [5.41, 5.74) is -1.14. The highest BCUT2D eigenvalue weighted by molar-refractivity contribution is 6.07. The average Bonchev–Trinajstić information content (AvgIpc) is 3.25. The molecular formula is C20H20FN3O5. The number of rotatable bonds is 5. The number of hydrogen-bond acceptors (Lipinski definition) is 5. The standard InChI is InChI=1S/C20H20FN3O5/c21-12-4-5-15-13(10-12)14(25)11-16(29-15)17(26)22-8-3-9-24-18(27)20(23-19(24)28)6-1-2-7-20/h4-5,10-11H,1-3,6-9H2,(H,22,26)(H,23,28). The Morgan fingerprint density at radius 3 is 2.72 bits per heavy atom. The molecule has 2 aromatic rings. The number of benzene rings is 1. The highest BCUT2D eigenvalue weighted by Crippen LogP contribution is 2.34. The molecule has 0 bridgehead atoms. The molecule has 29 heavy (non-hydrogen) atoms. The van der Waals surface area contributed by atoms with E-state index in [9.17, 15) is 23.6 Å². The molecule has 0 radical (unpaired) electrons. The van der Waals surface area contributed by atoms with Gasteiger partial charge in [0, 0.05) is 19.2 Å². The van der Waals surface area contributed by atoms with E-state index in [-0.39, 0.29) is 35.7 Å². The molecule has 8 nitrogen and oxygen atoms in total. The van der Waals surface area contributed by atoms with Gasteiger partial charge in [0.05, 0.1) is 5.39 Å². The van der Waals surface area contributed by atoms with Crippen molar-refractivity contribution in [3.8, 4) is 0 Å². The Balaban J connectivity index is 1.34. The number of carbonyl (C=O) groups is 3. The van der Waals surface area contributed by atoms with Gasteiger partial charge in [0.25, 0.3) is 11.8 Å². The topological polar surface area (TPSA) is 109 Å². The summed E-state index contributed by atoms with van der Waals surface area (Å²) in [6, 6.07) is 4.11. The van der Waals surface area contributed by atoms with Crippen LogP contribution in [-0.2, 0) is 4.79 Å². The van der Waals surface area contributed by atoms with Gasteiger partial charge >= 0.3 is 6.03 Å². The van der Waals surface area contributed by atoms with Crippen LogP contribution in [0.25, 0.3) is 11.0 Å². The number of nitrogens with one attached hydrogen (secondary N) is 2. The number of halogens is 1. The number of hydrogen-bond donors (Lipinski definition) is 2. The fourth-order valence-electron chi connectivity index (χ4n) is 3.96. The van der Waals surface area contributed by atoms with Gasteiger partial charge in [-0.1, -0.05) is 12.8 Å². The zero-order chi connectivity index (χ0) is 20.6. The molecule has 2 fully saturated rings. The normalized spacial score (nSPS) is 17.9. The number of fused-ring (bicyclic) bond motifs is 1. The molecule has 1 aromatic heterocycles. The van der Waals surface area contributed by atoms with Crippen LogP contribution < -0.4 is 16.1 Å². The van der Waals surface area contributed by atoms with Crippen molar-refractivity contribution in [2.24, 2.45) is 0 Å². The fourth-order valence-corrected chi connectivity index (χ4v) is 3.96. The van der Waals surface area contributed by atoms with E-state index in [1.165, 1.54) is 11.0 Å². The van der Waals surface area contributed by atoms with Crippen LogP contribution in [0.5, 0.6) is 0 Å². The molecule has 152 valence electrons. The van der Waals surface area contributed by atoms with Gasteiger partial charge in [-0.3, -0.25) is 19.3 Å². The van der Waals surface area contributed by atoms with E-state index in [2.05, 4.69) is 10.6 Å². The van der Waals surface area contributed by atoms with Crippen LogP contribution in [0.3, 0.4) is 0 Å². The van der Waals surface area contributed by atoms with Crippen molar-refractivity contribution in [1.29, 1.82) is 0 Å². The predicted octanol–water partition coefficient (Wildman–Crippen LogP) is 1.92. The van der Waals surface area contributed by atoms with Crippen LogP contribution in [0.2, 0.25) is 0 Å². The van der Waals surface area contributed by atoms with Crippen LogP contribution in [-0.4, -0.2) is 41.4 Å². The molecule has 2 heterocycles. The Kier molecular flexibility index (Phi) is 4.81. The predicted molar refractivity (Wildman–Crippen MR) is 101 cm³/mol. The van der Waals surface area contributed by atoms with Gasteiger partial charge in [-0.15, -0.1) is 0 Å². The van der Waals surface area contributed by atoms with Crippen LogP contribution in [0.15, 0.2) is 33.5 Å². The minimum absolute atomic E-state index is 0.0564. The van der Waals surface area contributed by atoms with Gasteiger partial charge in [0.15, 0.2) is 11.2 Å². The zero-order valence-electron chi connectivity index (χ0n) is 15.6. The molecular weight excluding hydrogens is 381 g/mol. The van der Waals surface area contributed by atoms with E-state index in [1.54, 1.807) is 0 Å². The lowest BCUT2D eigenvalue weighted by molar-refractivity contribution is -0.131. The summed E-state index contributed by atoms with van der Waals surface area (Å²) in [4.78, 5) is 50.2. The van der Waals surface area contributed by atoms with Crippen molar-refractivity contribution >= 4 is 28.8 Å². The van der Waals surface area contributed by atoms with Gasteiger partial charge in [0.2, 0.25) is 0 Å². The molecule has 1 spiro atoms. The number of nitrogens with zero attached hydrogens (tertiary/aromatic N) is 1. The summed E-state index contributed by atoms with van der Waals surface area (Å²) in [5, 5.41) is 5.46. The molecule has 2 aliphatic rings. The molecule has 1 saturated carbocycles. The largest absolute Gasteiger partial charge is 0.451 e. The lowest BCUT2D eigenvalue weighted by Crippen LogP contribution is -2.44. The van der Waals surface area contributed by atoms with Crippen molar-refractivity contribution in [3.63, 3.8) is 0 Å². The van der Waals surface area contributed by atoms with E-state index < -0.39 is 28.7 Å².